The van der Waals surface area contributed by atoms with E-state index in [0.717, 1.165) is 24.2 Å². The molecule has 1 aromatic heterocycles. The molecule has 1 aliphatic rings. The van der Waals surface area contributed by atoms with E-state index in [9.17, 15) is 28.1 Å². The number of nitro benzene ring substituents is 1. The van der Waals surface area contributed by atoms with Gasteiger partial charge in [0.05, 0.1) is 26.6 Å². The number of ether oxygens (including phenoxy) is 1. The van der Waals surface area contributed by atoms with Gasteiger partial charge in [-0.2, -0.15) is 9.30 Å². The maximum absolute atomic E-state index is 12.9. The lowest BCUT2D eigenvalue weighted by Crippen LogP contribution is -2.27. The molecule has 1 amide bonds. The van der Waals surface area contributed by atoms with Crippen LogP contribution in [0.4, 0.5) is 5.69 Å². The van der Waals surface area contributed by atoms with Gasteiger partial charge in [0.2, 0.25) is 10.0 Å². The summed E-state index contributed by atoms with van der Waals surface area (Å²) in [5, 5.41) is 11.2. The van der Waals surface area contributed by atoms with E-state index in [1.165, 1.54) is 51.3 Å². The molecule has 0 aliphatic carbocycles. The first kappa shape index (κ1) is 24.7. The Morgan fingerprint density at radius 3 is 2.46 bits per heavy atom. The van der Waals surface area contributed by atoms with E-state index in [2.05, 4.69) is 4.99 Å². The van der Waals surface area contributed by atoms with Crippen LogP contribution in [0.15, 0.2) is 52.4 Å². The Bertz CT molecular complexity index is 1470. The topological polar surface area (TPSA) is 141 Å². The first-order valence-electron chi connectivity index (χ1n) is 10.8. The molecule has 13 heteroatoms. The van der Waals surface area contributed by atoms with E-state index in [1.54, 1.807) is 6.92 Å². The van der Waals surface area contributed by atoms with Gasteiger partial charge in [-0.25, -0.2) is 8.42 Å². The standard InChI is InChI=1S/C22H22N4O7S2/c1-2-33-20(27)14-25-18-10-7-16(26(29)30)13-19(18)34-22(25)23-21(28)15-5-8-17(9-6-15)35(31,32)24-11-3-4-12-24/h5-10,13H,2-4,11-12,14H2,1H3. The Balaban J connectivity index is 1.70. The number of fused-ring (bicyclic) bond motifs is 1. The van der Waals surface area contributed by atoms with Crippen LogP contribution < -0.4 is 4.80 Å². The number of thiazole rings is 1. The van der Waals surface area contributed by atoms with Crippen molar-refractivity contribution in [3.05, 3.63) is 62.9 Å². The number of carbonyl (C=O) groups excluding carboxylic acids is 2. The zero-order valence-electron chi connectivity index (χ0n) is 18.7. The molecule has 184 valence electrons. The van der Waals surface area contributed by atoms with E-state index in [4.69, 9.17) is 4.74 Å². The smallest absolute Gasteiger partial charge is 0.326 e. The predicted octanol–water partition coefficient (Wildman–Crippen LogP) is 2.70. The minimum atomic E-state index is -3.61. The SMILES string of the molecule is CCOC(=O)Cn1c(=NC(=O)c2ccc(S(=O)(=O)N3CCCC3)cc2)sc2cc([N+](=O)[O-])ccc21. The number of hydrogen-bond acceptors (Lipinski definition) is 8. The van der Waals surface area contributed by atoms with Crippen LogP contribution in [-0.2, 0) is 26.1 Å². The molecule has 0 atom stereocenters. The molecular formula is C22H22N4O7S2. The highest BCUT2D eigenvalue weighted by molar-refractivity contribution is 7.89. The average molecular weight is 519 g/mol. The fraction of sp³-hybridized carbons (Fsp3) is 0.318. The highest BCUT2D eigenvalue weighted by atomic mass is 32.2. The van der Waals surface area contributed by atoms with Gasteiger partial charge in [0.15, 0.2) is 4.80 Å². The molecule has 2 aromatic carbocycles. The molecule has 4 rings (SSSR count). The third-order valence-corrected chi connectivity index (χ3v) is 8.42. The van der Waals surface area contributed by atoms with Gasteiger partial charge in [-0.3, -0.25) is 19.7 Å². The fourth-order valence-electron chi connectivity index (χ4n) is 3.75. The molecule has 1 fully saturated rings. The van der Waals surface area contributed by atoms with Crippen LogP contribution >= 0.6 is 11.3 Å². The Morgan fingerprint density at radius 2 is 1.83 bits per heavy atom. The monoisotopic (exact) mass is 518 g/mol. The molecule has 1 saturated heterocycles. The summed E-state index contributed by atoms with van der Waals surface area (Å²) in [6.07, 6.45) is 1.64. The summed E-state index contributed by atoms with van der Waals surface area (Å²) < 4.78 is 33.8. The van der Waals surface area contributed by atoms with Crippen molar-refractivity contribution in [3.63, 3.8) is 0 Å². The number of amides is 1. The van der Waals surface area contributed by atoms with Gasteiger partial charge < -0.3 is 9.30 Å². The summed E-state index contributed by atoms with van der Waals surface area (Å²) in [5.41, 5.74) is 0.526. The third-order valence-electron chi connectivity index (χ3n) is 5.47. The number of nitrogens with zero attached hydrogens (tertiary/aromatic N) is 4. The van der Waals surface area contributed by atoms with Gasteiger partial charge in [-0.1, -0.05) is 11.3 Å². The van der Waals surface area contributed by atoms with Crippen LogP contribution in [0.25, 0.3) is 10.2 Å². The summed E-state index contributed by atoms with van der Waals surface area (Å²) >= 11 is 1.02. The molecule has 0 radical (unpaired) electrons. The predicted molar refractivity (Wildman–Crippen MR) is 127 cm³/mol. The molecule has 35 heavy (non-hydrogen) atoms. The number of hydrogen-bond donors (Lipinski definition) is 0. The van der Waals surface area contributed by atoms with Crippen molar-refractivity contribution in [2.75, 3.05) is 19.7 Å². The molecule has 3 aromatic rings. The normalized spacial score (nSPS) is 14.9. The first-order chi connectivity index (χ1) is 16.7. The number of carbonyl (C=O) groups is 2. The summed E-state index contributed by atoms with van der Waals surface area (Å²) in [6.45, 7) is 2.56. The Morgan fingerprint density at radius 1 is 1.14 bits per heavy atom. The second kappa shape index (κ2) is 10.1. The minimum absolute atomic E-state index is 0.0995. The lowest BCUT2D eigenvalue weighted by molar-refractivity contribution is -0.384. The summed E-state index contributed by atoms with van der Waals surface area (Å²) in [7, 11) is -3.61. The number of non-ortho nitro benzene ring substituents is 1. The van der Waals surface area contributed by atoms with Crippen molar-refractivity contribution in [1.29, 1.82) is 0 Å². The second-order valence-electron chi connectivity index (χ2n) is 7.74. The summed E-state index contributed by atoms with van der Waals surface area (Å²) in [5.74, 6) is -1.19. The quantitative estimate of drug-likeness (QED) is 0.266. The zero-order chi connectivity index (χ0) is 25.2. The van der Waals surface area contributed by atoms with Crippen molar-refractivity contribution >= 4 is 49.1 Å². The Hall–Kier alpha value is -3.42. The number of rotatable bonds is 7. The van der Waals surface area contributed by atoms with Gasteiger partial charge in [0.25, 0.3) is 11.6 Å². The Kier molecular flexibility index (Phi) is 7.10. The average Bonchev–Trinajstić information content (AvgIpc) is 3.48. The van der Waals surface area contributed by atoms with Crippen LogP contribution in [0.1, 0.15) is 30.1 Å². The van der Waals surface area contributed by atoms with Crippen LogP contribution in [0.3, 0.4) is 0 Å². The molecule has 1 aliphatic heterocycles. The number of nitro groups is 1. The molecule has 0 N–H and O–H groups in total. The van der Waals surface area contributed by atoms with Crippen molar-refractivity contribution in [2.45, 2.75) is 31.2 Å². The molecule has 0 bridgehead atoms. The van der Waals surface area contributed by atoms with Crippen LogP contribution in [0.5, 0.6) is 0 Å². The van der Waals surface area contributed by atoms with E-state index in [0.29, 0.717) is 23.3 Å². The number of aromatic nitrogens is 1. The van der Waals surface area contributed by atoms with Crippen LogP contribution in [0, 0.1) is 10.1 Å². The minimum Gasteiger partial charge on any atom is -0.465 e. The van der Waals surface area contributed by atoms with Crippen molar-refractivity contribution < 1.29 is 27.7 Å². The maximum atomic E-state index is 12.9. The van der Waals surface area contributed by atoms with Gasteiger partial charge in [-0.05, 0) is 50.1 Å². The number of sulfonamides is 1. The molecule has 0 spiro atoms. The van der Waals surface area contributed by atoms with Crippen molar-refractivity contribution in [3.8, 4) is 0 Å². The van der Waals surface area contributed by atoms with Crippen LogP contribution in [0.2, 0.25) is 0 Å². The van der Waals surface area contributed by atoms with E-state index in [1.807, 2.05) is 0 Å². The summed E-state index contributed by atoms with van der Waals surface area (Å²) in [6, 6.07) is 9.68. The number of esters is 1. The van der Waals surface area contributed by atoms with Gasteiger partial charge in [0, 0.05) is 30.8 Å². The molecular weight excluding hydrogens is 496 g/mol. The van der Waals surface area contributed by atoms with Crippen LogP contribution in [-0.4, -0.2) is 53.8 Å². The number of benzene rings is 2. The van der Waals surface area contributed by atoms with E-state index < -0.39 is 26.8 Å². The first-order valence-corrected chi connectivity index (χ1v) is 13.1. The molecule has 2 heterocycles. The largest absolute Gasteiger partial charge is 0.465 e. The van der Waals surface area contributed by atoms with Gasteiger partial charge >= 0.3 is 5.97 Å². The zero-order valence-corrected chi connectivity index (χ0v) is 20.4. The highest BCUT2D eigenvalue weighted by Crippen LogP contribution is 2.24. The third kappa shape index (κ3) is 5.16. The lowest BCUT2D eigenvalue weighted by atomic mass is 10.2. The highest BCUT2D eigenvalue weighted by Gasteiger charge is 2.27. The van der Waals surface area contributed by atoms with Crippen molar-refractivity contribution in [1.82, 2.24) is 8.87 Å². The molecule has 0 unspecified atom stereocenters. The molecule has 0 saturated carbocycles. The molecule has 11 nitrogen and oxygen atoms in total. The maximum Gasteiger partial charge on any atom is 0.326 e. The fourth-order valence-corrected chi connectivity index (χ4v) is 6.33. The summed E-state index contributed by atoms with van der Waals surface area (Å²) in [4.78, 5) is 40.0. The van der Waals surface area contributed by atoms with E-state index in [-0.39, 0.29) is 34.1 Å². The van der Waals surface area contributed by atoms with E-state index >= 15 is 0 Å². The van der Waals surface area contributed by atoms with Crippen molar-refractivity contribution in [2.24, 2.45) is 4.99 Å². The van der Waals surface area contributed by atoms with Gasteiger partial charge in [-0.15, -0.1) is 0 Å². The van der Waals surface area contributed by atoms with Gasteiger partial charge in [0.1, 0.15) is 6.54 Å². The second-order valence-corrected chi connectivity index (χ2v) is 10.7. The lowest BCUT2D eigenvalue weighted by Gasteiger charge is -2.15. The Labute approximate surface area is 204 Å².